The van der Waals surface area contributed by atoms with Crippen molar-refractivity contribution in [1.82, 2.24) is 20.6 Å². The van der Waals surface area contributed by atoms with Gasteiger partial charge in [-0.1, -0.05) is 41.1 Å². The van der Waals surface area contributed by atoms with E-state index in [9.17, 15) is 0 Å². The summed E-state index contributed by atoms with van der Waals surface area (Å²) in [5, 5.41) is 15.2. The van der Waals surface area contributed by atoms with Gasteiger partial charge >= 0.3 is 0 Å². The quantitative estimate of drug-likeness (QED) is 0.756. The number of aromatic amines is 1. The molecule has 5 nitrogen and oxygen atoms in total. The summed E-state index contributed by atoms with van der Waals surface area (Å²) in [7, 11) is 1.70. The number of hydrogen-bond donors (Lipinski definition) is 1. The Labute approximate surface area is 155 Å². The zero-order valence-corrected chi connectivity index (χ0v) is 15.1. The highest BCUT2D eigenvalue weighted by Gasteiger charge is 2.39. The molecular weight excluding hydrogens is 348 g/mol. The summed E-state index contributed by atoms with van der Waals surface area (Å²) in [5.41, 5.74) is 9.41. The van der Waals surface area contributed by atoms with Crippen molar-refractivity contribution in [1.29, 1.82) is 0 Å². The Kier molecular flexibility index (Phi) is 3.27. The first-order chi connectivity index (χ1) is 12.7. The van der Waals surface area contributed by atoms with Crippen molar-refractivity contribution in [3.63, 3.8) is 0 Å². The molecule has 5 rings (SSSR count). The number of rotatable bonds is 4. The summed E-state index contributed by atoms with van der Waals surface area (Å²) in [6.07, 6.45) is 0.634. The van der Waals surface area contributed by atoms with Gasteiger partial charge in [-0.2, -0.15) is 5.21 Å². The Morgan fingerprint density at radius 3 is 2.62 bits per heavy atom. The second kappa shape index (κ2) is 5.54. The van der Waals surface area contributed by atoms with E-state index in [1.54, 1.807) is 7.11 Å². The molecule has 26 heavy (non-hydrogen) atoms. The standard InChI is InChI=1S/C20H15ClN4O/c1-10-13(9-16-22-24-25-23-16)18-12-7-8-15(26-2)20(18)19(17(10)12)11-5-3-4-6-14(11)21/h3-8H,9H2,1-2H3,(H,22,23,24,25). The number of H-pyrrole nitrogens is 1. The molecule has 0 saturated heterocycles. The normalized spacial score (nSPS) is 14.6. The molecule has 0 spiro atoms. The summed E-state index contributed by atoms with van der Waals surface area (Å²) in [5.74, 6) is 1.54. The van der Waals surface area contributed by atoms with Gasteiger partial charge in [-0.15, -0.1) is 10.2 Å². The first kappa shape index (κ1) is 15.3. The smallest absolute Gasteiger partial charge is 0.178 e. The molecule has 1 heterocycles. The number of benzene rings is 2. The van der Waals surface area contributed by atoms with Crippen LogP contribution < -0.4 is 4.74 Å². The molecule has 1 N–H and O–H groups in total. The van der Waals surface area contributed by atoms with Gasteiger partial charge < -0.3 is 4.74 Å². The number of halogens is 1. The highest BCUT2D eigenvalue weighted by atomic mass is 35.5. The van der Waals surface area contributed by atoms with E-state index in [4.69, 9.17) is 16.3 Å². The third kappa shape index (κ3) is 1.95. The summed E-state index contributed by atoms with van der Waals surface area (Å²) in [6, 6.07) is 12.1. The maximum Gasteiger partial charge on any atom is 0.178 e. The lowest BCUT2D eigenvalue weighted by Gasteiger charge is -2.19. The predicted molar refractivity (Wildman–Crippen MR) is 101 cm³/mol. The summed E-state index contributed by atoms with van der Waals surface area (Å²) in [4.78, 5) is 0. The number of nitrogens with zero attached hydrogens (tertiary/aromatic N) is 3. The lowest BCUT2D eigenvalue weighted by atomic mass is 9.86. The minimum atomic E-state index is 0.634. The first-order valence-electron chi connectivity index (χ1n) is 8.34. The fraction of sp³-hybridized carbons (Fsp3) is 0.150. The first-order valence-corrected chi connectivity index (χ1v) is 8.72. The Bertz CT molecular complexity index is 1110. The average Bonchev–Trinajstić information content (AvgIpc) is 3.30. The van der Waals surface area contributed by atoms with Gasteiger partial charge in [0.1, 0.15) is 5.75 Å². The molecule has 0 aliphatic heterocycles. The van der Waals surface area contributed by atoms with Gasteiger partial charge in [0.25, 0.3) is 0 Å². The van der Waals surface area contributed by atoms with Crippen LogP contribution in [0.1, 0.15) is 35.0 Å². The molecule has 128 valence electrons. The maximum atomic E-state index is 6.54. The van der Waals surface area contributed by atoms with Crippen LogP contribution >= 0.6 is 11.6 Å². The SMILES string of the molecule is COc1ccc2c3c1C(c1ccccc1Cl)=C2C(C)=C3Cc1nn[nH]n1. The minimum Gasteiger partial charge on any atom is -0.496 e. The fourth-order valence-electron chi connectivity index (χ4n) is 4.08. The fourth-order valence-corrected chi connectivity index (χ4v) is 4.31. The highest BCUT2D eigenvalue weighted by Crippen LogP contribution is 2.58. The van der Waals surface area contributed by atoms with E-state index >= 15 is 0 Å². The van der Waals surface area contributed by atoms with Crippen molar-refractivity contribution in [2.24, 2.45) is 0 Å². The molecule has 0 atom stereocenters. The zero-order chi connectivity index (χ0) is 17.8. The molecule has 0 fully saturated rings. The Hall–Kier alpha value is -2.92. The summed E-state index contributed by atoms with van der Waals surface area (Å²) >= 11 is 6.54. The monoisotopic (exact) mass is 362 g/mol. The maximum absolute atomic E-state index is 6.54. The number of allylic oxidation sites excluding steroid dienone is 3. The van der Waals surface area contributed by atoms with Gasteiger partial charge in [-0.05, 0) is 46.9 Å². The molecule has 3 aromatic rings. The van der Waals surface area contributed by atoms with Crippen LogP contribution in [0.2, 0.25) is 5.02 Å². The highest BCUT2D eigenvalue weighted by molar-refractivity contribution is 6.34. The molecule has 0 unspecified atom stereocenters. The minimum absolute atomic E-state index is 0.634. The van der Waals surface area contributed by atoms with E-state index in [2.05, 4.69) is 39.7 Å². The van der Waals surface area contributed by atoms with Crippen LogP contribution in [0.15, 0.2) is 42.0 Å². The Balaban J connectivity index is 1.78. The second-order valence-electron chi connectivity index (χ2n) is 6.40. The molecule has 4 bridgehead atoms. The molecular formula is C20H15ClN4O. The lowest BCUT2D eigenvalue weighted by molar-refractivity contribution is 0.413. The molecule has 0 radical (unpaired) electrons. The van der Waals surface area contributed by atoms with Crippen LogP contribution in [-0.2, 0) is 6.42 Å². The van der Waals surface area contributed by atoms with Crippen molar-refractivity contribution < 1.29 is 4.74 Å². The van der Waals surface area contributed by atoms with Crippen molar-refractivity contribution in [3.05, 3.63) is 75.1 Å². The molecule has 6 heteroatoms. The lowest BCUT2D eigenvalue weighted by Crippen LogP contribution is -2.02. The van der Waals surface area contributed by atoms with Crippen LogP contribution in [0.3, 0.4) is 0 Å². The Morgan fingerprint density at radius 1 is 1.04 bits per heavy atom. The average molecular weight is 363 g/mol. The molecule has 0 amide bonds. The van der Waals surface area contributed by atoms with E-state index in [-0.39, 0.29) is 0 Å². The van der Waals surface area contributed by atoms with Crippen molar-refractivity contribution >= 4 is 28.3 Å². The van der Waals surface area contributed by atoms with Gasteiger partial charge in [-0.25, -0.2) is 0 Å². The van der Waals surface area contributed by atoms with E-state index in [1.165, 1.54) is 27.8 Å². The van der Waals surface area contributed by atoms with Gasteiger partial charge in [0, 0.05) is 28.1 Å². The van der Waals surface area contributed by atoms with Crippen LogP contribution in [0.25, 0.3) is 16.7 Å². The molecule has 2 aliphatic rings. The number of methoxy groups -OCH3 is 1. The molecule has 1 aromatic heterocycles. The van der Waals surface area contributed by atoms with Crippen molar-refractivity contribution in [2.45, 2.75) is 13.3 Å². The largest absolute Gasteiger partial charge is 0.496 e. The van der Waals surface area contributed by atoms with Gasteiger partial charge in [0.15, 0.2) is 5.82 Å². The van der Waals surface area contributed by atoms with Crippen LogP contribution in [-0.4, -0.2) is 27.7 Å². The molecule has 0 saturated carbocycles. The number of nitrogens with one attached hydrogen (secondary N) is 1. The predicted octanol–water partition coefficient (Wildman–Crippen LogP) is 4.16. The van der Waals surface area contributed by atoms with Crippen LogP contribution in [0, 0.1) is 0 Å². The number of hydrogen-bond acceptors (Lipinski definition) is 4. The second-order valence-corrected chi connectivity index (χ2v) is 6.81. The van der Waals surface area contributed by atoms with E-state index in [0.717, 1.165) is 27.5 Å². The van der Waals surface area contributed by atoms with Gasteiger partial charge in [0.05, 0.1) is 7.11 Å². The van der Waals surface area contributed by atoms with Crippen LogP contribution in [0.5, 0.6) is 5.75 Å². The molecule has 2 aliphatic carbocycles. The topological polar surface area (TPSA) is 63.7 Å². The number of ether oxygens (including phenoxy) is 1. The Morgan fingerprint density at radius 2 is 1.88 bits per heavy atom. The van der Waals surface area contributed by atoms with E-state index < -0.39 is 0 Å². The number of aromatic nitrogens is 4. The van der Waals surface area contributed by atoms with Crippen LogP contribution in [0.4, 0.5) is 0 Å². The summed E-state index contributed by atoms with van der Waals surface area (Å²) < 4.78 is 5.69. The third-order valence-corrected chi connectivity index (χ3v) is 5.48. The molecule has 2 aromatic carbocycles. The van der Waals surface area contributed by atoms with E-state index in [1.807, 2.05) is 24.3 Å². The zero-order valence-electron chi connectivity index (χ0n) is 14.3. The van der Waals surface area contributed by atoms with Crippen molar-refractivity contribution in [2.75, 3.05) is 7.11 Å². The summed E-state index contributed by atoms with van der Waals surface area (Å²) in [6.45, 7) is 2.15. The van der Waals surface area contributed by atoms with Gasteiger partial charge in [0.2, 0.25) is 0 Å². The third-order valence-electron chi connectivity index (χ3n) is 5.15. The van der Waals surface area contributed by atoms with E-state index in [0.29, 0.717) is 12.2 Å². The number of tetrazole rings is 1. The van der Waals surface area contributed by atoms with Crippen molar-refractivity contribution in [3.8, 4) is 5.75 Å². The van der Waals surface area contributed by atoms with Gasteiger partial charge in [-0.3, -0.25) is 0 Å².